The van der Waals surface area contributed by atoms with E-state index in [-0.39, 0.29) is 6.61 Å². The Morgan fingerprint density at radius 2 is 1.93 bits per heavy atom. The fourth-order valence-electron chi connectivity index (χ4n) is 0.737. The molecule has 1 aromatic heterocycles. The molecule has 8 heteroatoms. The fraction of sp³-hybridized carbons (Fsp3) is 0.500. The molecule has 1 aromatic rings. The lowest BCUT2D eigenvalue weighted by Crippen LogP contribution is -2.02. The summed E-state index contributed by atoms with van der Waals surface area (Å²) < 4.78 is 40.9. The Kier molecular flexibility index (Phi) is 5.22. The number of rotatable bonds is 2. The molecule has 1 rings (SSSR count). The van der Waals surface area contributed by atoms with E-state index in [1.807, 2.05) is 17.8 Å². The predicted octanol–water partition coefficient (Wildman–Crippen LogP) is 1.25. The summed E-state index contributed by atoms with van der Waals surface area (Å²) in [6.45, 7) is 0.171. The minimum absolute atomic E-state index is 0.171. The molecule has 0 radical (unpaired) electrons. The molecule has 0 saturated heterocycles. The number of hydrogen-bond donors (Lipinski definition) is 1. The zero-order chi connectivity index (χ0) is 11.2. The highest BCUT2D eigenvalue weighted by Gasteiger charge is 2.20. The van der Waals surface area contributed by atoms with Crippen LogP contribution in [0.1, 0.15) is 5.82 Å². The summed E-state index contributed by atoms with van der Waals surface area (Å²) in [7, 11) is -4.09. The molecule has 0 unspecified atom stereocenters. The van der Waals surface area contributed by atoms with Crippen molar-refractivity contribution in [1.29, 1.82) is 0 Å². The molecule has 14 heavy (non-hydrogen) atoms. The Bertz CT molecular complexity index is 257. The van der Waals surface area contributed by atoms with E-state index in [0.717, 1.165) is 5.82 Å². The topological polar surface area (TPSA) is 38.0 Å². The smallest absolute Gasteiger partial charge is 0.418 e. The Morgan fingerprint density at radius 3 is 2.21 bits per heavy atom. The van der Waals surface area contributed by atoms with Gasteiger partial charge in [0.1, 0.15) is 5.82 Å². The standard InChI is InChI=1S/C6H10N2O.BF4/c1-8-4-3-7-6(8)2-5-9;2-1(3,4)5/h3-4,9H,2,5H2,1H3;/q;-1. The maximum absolute atomic E-state index is 9.75. The van der Waals surface area contributed by atoms with Crippen LogP contribution in [0.25, 0.3) is 0 Å². The number of hydrogen-bond acceptors (Lipinski definition) is 2. The quantitative estimate of drug-likeness (QED) is 0.593. The molecule has 0 spiro atoms. The average Bonchev–Trinajstić information content (AvgIpc) is 2.34. The normalized spacial score (nSPS) is 10.7. The van der Waals surface area contributed by atoms with Crippen LogP contribution in [-0.2, 0) is 13.5 Å². The van der Waals surface area contributed by atoms with Gasteiger partial charge < -0.3 is 26.9 Å². The van der Waals surface area contributed by atoms with Gasteiger partial charge in [-0.1, -0.05) is 0 Å². The third-order valence-corrected chi connectivity index (χ3v) is 1.26. The molecule has 0 aliphatic carbocycles. The first-order valence-electron chi connectivity index (χ1n) is 3.79. The maximum Gasteiger partial charge on any atom is 0.673 e. The van der Waals surface area contributed by atoms with Gasteiger partial charge in [0.15, 0.2) is 0 Å². The molecule has 0 atom stereocenters. The molecule has 0 amide bonds. The van der Waals surface area contributed by atoms with E-state index >= 15 is 0 Å². The predicted molar refractivity (Wildman–Crippen MR) is 44.2 cm³/mol. The first-order chi connectivity index (χ1) is 6.34. The molecule has 0 bridgehead atoms. The molecular formula is C6H10BF4N2O-. The molecule has 1 heterocycles. The molecule has 0 aliphatic rings. The highest BCUT2D eigenvalue weighted by molar-refractivity contribution is 6.50. The molecule has 0 aromatic carbocycles. The van der Waals surface area contributed by atoms with Crippen molar-refractivity contribution in [1.82, 2.24) is 9.55 Å². The Morgan fingerprint density at radius 1 is 1.43 bits per heavy atom. The van der Waals surface area contributed by atoms with E-state index in [1.54, 1.807) is 6.20 Å². The number of halogens is 4. The van der Waals surface area contributed by atoms with Crippen LogP contribution in [0.15, 0.2) is 12.4 Å². The van der Waals surface area contributed by atoms with Crippen LogP contribution >= 0.6 is 0 Å². The van der Waals surface area contributed by atoms with E-state index in [1.165, 1.54) is 0 Å². The van der Waals surface area contributed by atoms with Gasteiger partial charge in [-0.05, 0) is 0 Å². The fourth-order valence-corrected chi connectivity index (χ4v) is 0.737. The van der Waals surface area contributed by atoms with Crippen LogP contribution in [-0.4, -0.2) is 28.5 Å². The summed E-state index contributed by atoms with van der Waals surface area (Å²) in [6.07, 6.45) is 4.24. The van der Waals surface area contributed by atoms with Gasteiger partial charge in [0.25, 0.3) is 0 Å². The largest absolute Gasteiger partial charge is 0.673 e. The summed E-state index contributed by atoms with van der Waals surface area (Å²) >= 11 is 0. The first kappa shape index (κ1) is 13.0. The molecular weight excluding hydrogens is 203 g/mol. The van der Waals surface area contributed by atoms with Gasteiger partial charge >= 0.3 is 7.25 Å². The molecule has 3 nitrogen and oxygen atoms in total. The van der Waals surface area contributed by atoms with Crippen molar-refractivity contribution >= 4 is 7.25 Å². The Balaban J connectivity index is 0.000000292. The second-order valence-electron chi connectivity index (χ2n) is 2.42. The molecule has 0 fully saturated rings. The van der Waals surface area contributed by atoms with Crippen molar-refractivity contribution in [3.05, 3.63) is 18.2 Å². The average molecular weight is 213 g/mol. The van der Waals surface area contributed by atoms with Gasteiger partial charge in [-0.25, -0.2) is 4.98 Å². The Hall–Kier alpha value is -1.05. The molecule has 1 N–H and O–H groups in total. The number of nitrogens with zero attached hydrogens (tertiary/aromatic N) is 2. The number of aromatic nitrogens is 2. The lowest BCUT2D eigenvalue weighted by molar-refractivity contribution is 0.295. The van der Waals surface area contributed by atoms with Crippen LogP contribution in [0.3, 0.4) is 0 Å². The van der Waals surface area contributed by atoms with E-state index < -0.39 is 7.25 Å². The van der Waals surface area contributed by atoms with Crippen LogP contribution in [0.2, 0.25) is 0 Å². The number of aryl methyl sites for hydroxylation is 1. The molecule has 82 valence electrons. The van der Waals surface area contributed by atoms with E-state index in [9.17, 15) is 17.3 Å². The van der Waals surface area contributed by atoms with Gasteiger partial charge in [0, 0.05) is 25.9 Å². The molecule has 0 aliphatic heterocycles. The van der Waals surface area contributed by atoms with Gasteiger partial charge in [0.2, 0.25) is 0 Å². The lowest BCUT2D eigenvalue weighted by Gasteiger charge is -1.95. The third-order valence-electron chi connectivity index (χ3n) is 1.26. The Labute approximate surface area is 78.5 Å². The van der Waals surface area contributed by atoms with Gasteiger partial charge in [0.05, 0.1) is 6.61 Å². The molecule has 0 saturated carbocycles. The minimum Gasteiger partial charge on any atom is -0.418 e. The van der Waals surface area contributed by atoms with Crippen molar-refractivity contribution in [3.8, 4) is 0 Å². The van der Waals surface area contributed by atoms with Gasteiger partial charge in [-0.15, -0.1) is 0 Å². The second kappa shape index (κ2) is 5.64. The summed E-state index contributed by atoms with van der Waals surface area (Å²) in [6, 6.07) is 0. The zero-order valence-electron chi connectivity index (χ0n) is 7.50. The van der Waals surface area contributed by atoms with Gasteiger partial charge in [-0.2, -0.15) is 0 Å². The second-order valence-corrected chi connectivity index (χ2v) is 2.42. The highest BCUT2D eigenvalue weighted by atomic mass is 19.5. The summed E-state index contributed by atoms with van der Waals surface area (Å²) in [5.41, 5.74) is 0. The van der Waals surface area contributed by atoms with E-state index in [2.05, 4.69) is 4.98 Å². The van der Waals surface area contributed by atoms with Crippen molar-refractivity contribution < 1.29 is 22.4 Å². The highest BCUT2D eigenvalue weighted by Crippen LogP contribution is 2.06. The summed E-state index contributed by atoms with van der Waals surface area (Å²) in [5, 5.41) is 8.51. The number of aliphatic hydroxyl groups excluding tert-OH is 1. The first-order valence-corrected chi connectivity index (χ1v) is 3.79. The van der Waals surface area contributed by atoms with E-state index in [0.29, 0.717) is 6.42 Å². The zero-order valence-corrected chi connectivity index (χ0v) is 7.50. The number of aliphatic hydroxyl groups is 1. The van der Waals surface area contributed by atoms with Gasteiger partial charge in [-0.3, -0.25) is 0 Å². The van der Waals surface area contributed by atoms with Crippen molar-refractivity contribution in [2.75, 3.05) is 6.61 Å². The van der Waals surface area contributed by atoms with Crippen molar-refractivity contribution in [2.45, 2.75) is 6.42 Å². The minimum atomic E-state index is -6.00. The SMILES string of the molecule is Cn1ccnc1CCO.F[B-](F)(F)F. The van der Waals surface area contributed by atoms with Crippen LogP contribution in [0.5, 0.6) is 0 Å². The van der Waals surface area contributed by atoms with Crippen LogP contribution < -0.4 is 0 Å². The monoisotopic (exact) mass is 213 g/mol. The number of imidazole rings is 1. The van der Waals surface area contributed by atoms with Crippen LogP contribution in [0, 0.1) is 0 Å². The third kappa shape index (κ3) is 7.60. The maximum atomic E-state index is 9.75. The van der Waals surface area contributed by atoms with E-state index in [4.69, 9.17) is 5.11 Å². The summed E-state index contributed by atoms with van der Waals surface area (Å²) in [4.78, 5) is 4.01. The van der Waals surface area contributed by atoms with Crippen molar-refractivity contribution in [2.24, 2.45) is 7.05 Å². The van der Waals surface area contributed by atoms with Crippen LogP contribution in [0.4, 0.5) is 17.3 Å². The summed E-state index contributed by atoms with van der Waals surface area (Å²) in [5.74, 6) is 0.928. The lowest BCUT2D eigenvalue weighted by atomic mass is 10.3. The van der Waals surface area contributed by atoms with Crippen molar-refractivity contribution in [3.63, 3.8) is 0 Å².